The van der Waals surface area contributed by atoms with Crippen LogP contribution in [0.5, 0.6) is 0 Å². The van der Waals surface area contributed by atoms with Gasteiger partial charge in [0, 0.05) is 15.6 Å². The highest BCUT2D eigenvalue weighted by molar-refractivity contribution is 6.36. The lowest BCUT2D eigenvalue weighted by Crippen LogP contribution is -2.25. The summed E-state index contributed by atoms with van der Waals surface area (Å²) in [6.07, 6.45) is 3.46. The summed E-state index contributed by atoms with van der Waals surface area (Å²) in [5, 5.41) is 10.2. The summed E-state index contributed by atoms with van der Waals surface area (Å²) in [5.74, 6) is -1.43. The van der Waals surface area contributed by atoms with E-state index in [1.165, 1.54) is 17.0 Å². The van der Waals surface area contributed by atoms with Gasteiger partial charge in [-0.15, -0.1) is 0 Å². The van der Waals surface area contributed by atoms with E-state index in [-0.39, 0.29) is 16.5 Å². The smallest absolute Gasteiger partial charge is 0.337 e. The number of carboxylic acid groups (broad SMARTS) is 1. The molecule has 154 valence electrons. The number of aromatic carboxylic acids is 1. The molecule has 0 bridgehead atoms. The van der Waals surface area contributed by atoms with Gasteiger partial charge in [0.1, 0.15) is 0 Å². The predicted molar refractivity (Wildman–Crippen MR) is 125 cm³/mol. The predicted octanol–water partition coefficient (Wildman–Crippen LogP) is 6.82. The van der Waals surface area contributed by atoms with Crippen LogP contribution in [0.25, 0.3) is 11.8 Å². The molecule has 1 N–H and O–H groups in total. The van der Waals surface area contributed by atoms with Gasteiger partial charge in [-0.1, -0.05) is 71.2 Å². The summed E-state index contributed by atoms with van der Waals surface area (Å²) >= 11 is 18.4. The Balaban J connectivity index is 1.84. The van der Waals surface area contributed by atoms with Gasteiger partial charge in [0.2, 0.25) is 0 Å². The Morgan fingerprint density at radius 3 is 2.29 bits per heavy atom. The number of rotatable bonds is 4. The van der Waals surface area contributed by atoms with Gasteiger partial charge in [0.15, 0.2) is 0 Å². The molecule has 4 nitrogen and oxygen atoms in total. The largest absolute Gasteiger partial charge is 0.478 e. The van der Waals surface area contributed by atoms with Crippen molar-refractivity contribution in [2.45, 2.75) is 0 Å². The summed E-state index contributed by atoms with van der Waals surface area (Å²) in [7, 11) is 0. The van der Waals surface area contributed by atoms with Crippen LogP contribution >= 0.6 is 34.8 Å². The van der Waals surface area contributed by atoms with Gasteiger partial charge in [-0.3, -0.25) is 9.69 Å². The van der Waals surface area contributed by atoms with E-state index in [1.807, 2.05) is 30.3 Å². The van der Waals surface area contributed by atoms with Crippen molar-refractivity contribution < 1.29 is 14.7 Å². The van der Waals surface area contributed by atoms with Crippen molar-refractivity contribution in [3.63, 3.8) is 0 Å². The zero-order chi connectivity index (χ0) is 22.1. The molecule has 0 aromatic heterocycles. The van der Waals surface area contributed by atoms with E-state index in [0.717, 1.165) is 5.56 Å². The lowest BCUT2D eigenvalue weighted by Gasteiger charge is -2.21. The fourth-order valence-corrected chi connectivity index (χ4v) is 4.01. The molecule has 0 saturated carbocycles. The van der Waals surface area contributed by atoms with Crippen molar-refractivity contribution >= 4 is 64.1 Å². The van der Waals surface area contributed by atoms with Crippen LogP contribution in [-0.2, 0) is 4.79 Å². The minimum atomic E-state index is -1.14. The van der Waals surface area contributed by atoms with E-state index in [1.54, 1.807) is 36.4 Å². The highest BCUT2D eigenvalue weighted by Crippen LogP contribution is 2.37. The zero-order valence-corrected chi connectivity index (χ0v) is 18.1. The summed E-state index contributed by atoms with van der Waals surface area (Å²) < 4.78 is 0. The van der Waals surface area contributed by atoms with Crippen molar-refractivity contribution in [2.24, 2.45) is 0 Å². The van der Waals surface area contributed by atoms with E-state index in [0.29, 0.717) is 32.6 Å². The van der Waals surface area contributed by atoms with Crippen LogP contribution in [0.3, 0.4) is 0 Å². The minimum absolute atomic E-state index is 0.0361. The molecule has 1 aliphatic heterocycles. The lowest BCUT2D eigenvalue weighted by molar-refractivity contribution is -0.113. The maximum atomic E-state index is 13.4. The second-order valence-electron chi connectivity index (χ2n) is 6.77. The minimum Gasteiger partial charge on any atom is -0.478 e. The molecule has 0 aliphatic carbocycles. The van der Waals surface area contributed by atoms with Crippen molar-refractivity contribution in [1.82, 2.24) is 0 Å². The maximum Gasteiger partial charge on any atom is 0.337 e. The third-order valence-electron chi connectivity index (χ3n) is 4.77. The second kappa shape index (κ2) is 8.60. The first-order valence-corrected chi connectivity index (χ1v) is 10.3. The van der Waals surface area contributed by atoms with Gasteiger partial charge >= 0.3 is 5.97 Å². The number of halogens is 3. The molecule has 1 amide bonds. The van der Waals surface area contributed by atoms with E-state index < -0.39 is 5.97 Å². The summed E-state index contributed by atoms with van der Waals surface area (Å²) in [6, 6.07) is 18.9. The fourth-order valence-electron chi connectivity index (χ4n) is 3.30. The van der Waals surface area contributed by atoms with Gasteiger partial charge in [-0.25, -0.2) is 4.79 Å². The molecule has 0 spiro atoms. The maximum absolute atomic E-state index is 13.4. The van der Waals surface area contributed by atoms with Crippen LogP contribution in [0.15, 0.2) is 78.4 Å². The third-order valence-corrected chi connectivity index (χ3v) is 5.64. The molecular formula is C24H14Cl3NO3. The highest BCUT2D eigenvalue weighted by atomic mass is 35.5. The number of carbonyl (C=O) groups is 2. The molecule has 0 unspecified atom stereocenters. The number of carboxylic acids is 1. The lowest BCUT2D eigenvalue weighted by atomic mass is 10.1. The SMILES string of the molecule is O=C(O)c1ccc(N2C(=O)/C(=C/c3ccc(Cl)cc3Cl)C=C2c2ccccc2)cc1Cl. The van der Waals surface area contributed by atoms with Crippen molar-refractivity contribution in [2.75, 3.05) is 4.90 Å². The Morgan fingerprint density at radius 2 is 1.65 bits per heavy atom. The standard InChI is InChI=1S/C24H14Cl3NO3/c25-17-7-6-15(20(26)12-17)10-16-11-22(14-4-2-1-3-5-14)28(23(16)29)18-8-9-19(24(30)31)21(27)13-18/h1-13H,(H,30,31)/b16-10+. The normalized spacial score (nSPS) is 14.8. The Bertz CT molecular complexity index is 1270. The van der Waals surface area contributed by atoms with Crippen LogP contribution in [0.1, 0.15) is 21.5 Å². The summed E-state index contributed by atoms with van der Waals surface area (Å²) in [4.78, 5) is 26.2. The van der Waals surface area contributed by atoms with Gasteiger partial charge in [-0.05, 0) is 53.6 Å². The average molecular weight is 471 g/mol. The first-order chi connectivity index (χ1) is 14.8. The van der Waals surface area contributed by atoms with Crippen LogP contribution in [-0.4, -0.2) is 17.0 Å². The molecule has 0 saturated heterocycles. The molecule has 0 atom stereocenters. The number of hydrogen-bond acceptors (Lipinski definition) is 2. The average Bonchev–Trinajstić information content (AvgIpc) is 3.06. The van der Waals surface area contributed by atoms with Crippen LogP contribution in [0.2, 0.25) is 15.1 Å². The van der Waals surface area contributed by atoms with Crippen LogP contribution < -0.4 is 4.90 Å². The number of amides is 1. The summed E-state index contributed by atoms with van der Waals surface area (Å²) in [5.41, 5.74) is 2.95. The molecule has 1 aliphatic rings. The Morgan fingerprint density at radius 1 is 0.903 bits per heavy atom. The zero-order valence-electron chi connectivity index (χ0n) is 15.9. The van der Waals surface area contributed by atoms with Gasteiger partial charge < -0.3 is 5.11 Å². The van der Waals surface area contributed by atoms with Crippen LogP contribution in [0, 0.1) is 0 Å². The first kappa shape index (κ1) is 21.2. The van der Waals surface area contributed by atoms with Crippen molar-refractivity contribution in [3.8, 4) is 0 Å². The third kappa shape index (κ3) is 4.23. The molecule has 1 heterocycles. The second-order valence-corrected chi connectivity index (χ2v) is 8.02. The molecule has 4 rings (SSSR count). The number of anilines is 1. The number of nitrogens with zero attached hydrogens (tertiary/aromatic N) is 1. The summed E-state index contributed by atoms with van der Waals surface area (Å²) in [6.45, 7) is 0. The van der Waals surface area contributed by atoms with E-state index in [2.05, 4.69) is 0 Å². The Kier molecular flexibility index (Phi) is 5.88. The first-order valence-electron chi connectivity index (χ1n) is 9.16. The van der Waals surface area contributed by atoms with E-state index >= 15 is 0 Å². The van der Waals surface area contributed by atoms with Gasteiger partial charge in [0.25, 0.3) is 5.91 Å². The highest BCUT2D eigenvalue weighted by Gasteiger charge is 2.31. The van der Waals surface area contributed by atoms with E-state index in [9.17, 15) is 14.7 Å². The number of carbonyl (C=O) groups excluding carboxylic acids is 1. The molecule has 3 aromatic rings. The van der Waals surface area contributed by atoms with Crippen molar-refractivity contribution in [3.05, 3.63) is 110 Å². The van der Waals surface area contributed by atoms with Gasteiger partial charge in [-0.2, -0.15) is 0 Å². The quantitative estimate of drug-likeness (QED) is 0.426. The molecule has 3 aromatic carbocycles. The Labute approximate surface area is 193 Å². The topological polar surface area (TPSA) is 57.6 Å². The fraction of sp³-hybridized carbons (Fsp3) is 0. The van der Waals surface area contributed by atoms with Crippen molar-refractivity contribution in [1.29, 1.82) is 0 Å². The van der Waals surface area contributed by atoms with Crippen LogP contribution in [0.4, 0.5) is 5.69 Å². The molecule has 31 heavy (non-hydrogen) atoms. The molecular weight excluding hydrogens is 457 g/mol. The molecule has 0 radical (unpaired) electrons. The van der Waals surface area contributed by atoms with Gasteiger partial charge in [0.05, 0.1) is 22.0 Å². The molecule has 0 fully saturated rings. The molecule has 7 heteroatoms. The number of benzene rings is 3. The van der Waals surface area contributed by atoms with E-state index in [4.69, 9.17) is 34.8 Å². The Hall–Kier alpha value is -3.05. The number of hydrogen-bond donors (Lipinski definition) is 1. The monoisotopic (exact) mass is 469 g/mol.